The van der Waals surface area contributed by atoms with E-state index in [0.29, 0.717) is 49.8 Å². The van der Waals surface area contributed by atoms with Crippen molar-refractivity contribution in [1.29, 1.82) is 5.26 Å². The van der Waals surface area contributed by atoms with E-state index in [-0.39, 0.29) is 11.9 Å². The summed E-state index contributed by atoms with van der Waals surface area (Å²) in [4.78, 5) is 30.1. The normalized spacial score (nSPS) is 11.2. The summed E-state index contributed by atoms with van der Waals surface area (Å²) in [5.74, 6) is 0.445. The number of amides is 1. The Labute approximate surface area is 239 Å². The first-order valence-electron chi connectivity index (χ1n) is 12.4. The van der Waals surface area contributed by atoms with Gasteiger partial charge in [0, 0.05) is 17.2 Å². The zero-order valence-electron chi connectivity index (χ0n) is 21.6. The second-order valence-electron chi connectivity index (χ2n) is 8.66. The number of furan rings is 1. The Morgan fingerprint density at radius 1 is 1.05 bits per heavy atom. The number of benzene rings is 2. The minimum absolute atomic E-state index is 0.231. The minimum Gasteiger partial charge on any atom is -0.462 e. The number of carbonyl (C=O) groups excluding carboxylic acids is 2. The molecular weight excluding hydrogens is 542 g/mol. The minimum atomic E-state index is -0.379. The molecule has 0 spiro atoms. The first-order chi connectivity index (χ1) is 19.4. The highest BCUT2D eigenvalue weighted by atomic mass is 32.1. The van der Waals surface area contributed by atoms with Crippen LogP contribution in [0.15, 0.2) is 82.6 Å². The molecule has 0 aliphatic rings. The Hall–Kier alpha value is -4.78. The van der Waals surface area contributed by atoms with Gasteiger partial charge in [0.2, 0.25) is 0 Å². The number of hydrogen-bond acceptors (Lipinski definition) is 8. The third kappa shape index (κ3) is 5.94. The molecular formula is C31H23N3O4S2. The number of nitriles is 1. The Bertz CT molecular complexity index is 1720. The number of thiazole rings is 1. The molecule has 198 valence electrons. The molecule has 7 nitrogen and oxygen atoms in total. The zero-order chi connectivity index (χ0) is 28.1. The number of aromatic nitrogens is 1. The standard InChI is InChI=1S/C31H23N3O4S2/c1-3-37-31(36)22-12-10-20(11-13-22)25-15-14-24(38-25)17-23(18-32)29-33-27(21-8-6-19(2)7-9-21)30(40-29)34-28(35)26-5-4-16-39-26/h4-17H,3H2,1-2H3,(H,34,35)/b23-17+. The fourth-order valence-electron chi connectivity index (χ4n) is 3.85. The number of allylic oxidation sites excluding steroid dienone is 1. The van der Waals surface area contributed by atoms with Crippen LogP contribution in [-0.2, 0) is 4.74 Å². The Kier molecular flexibility index (Phi) is 8.01. The maximum absolute atomic E-state index is 12.8. The molecule has 3 heterocycles. The van der Waals surface area contributed by atoms with Crippen molar-refractivity contribution >= 4 is 51.2 Å². The average Bonchev–Trinajstić information content (AvgIpc) is 3.74. The highest BCUT2D eigenvalue weighted by Crippen LogP contribution is 2.37. The van der Waals surface area contributed by atoms with Gasteiger partial charge in [-0.25, -0.2) is 9.78 Å². The van der Waals surface area contributed by atoms with Crippen molar-refractivity contribution in [2.75, 3.05) is 11.9 Å². The van der Waals surface area contributed by atoms with Crippen LogP contribution in [0.3, 0.4) is 0 Å². The van der Waals surface area contributed by atoms with Gasteiger partial charge in [-0.15, -0.1) is 11.3 Å². The summed E-state index contributed by atoms with van der Waals surface area (Å²) >= 11 is 2.58. The summed E-state index contributed by atoms with van der Waals surface area (Å²) in [6.07, 6.45) is 1.62. The molecule has 40 heavy (non-hydrogen) atoms. The van der Waals surface area contributed by atoms with Crippen molar-refractivity contribution < 1.29 is 18.7 Å². The molecule has 0 radical (unpaired) electrons. The number of nitrogens with one attached hydrogen (secondary N) is 1. The summed E-state index contributed by atoms with van der Waals surface area (Å²) < 4.78 is 11.0. The van der Waals surface area contributed by atoms with Crippen LogP contribution in [0, 0.1) is 18.3 Å². The number of carbonyl (C=O) groups is 2. The summed E-state index contributed by atoms with van der Waals surface area (Å²) in [6, 6.07) is 24.1. The van der Waals surface area contributed by atoms with Gasteiger partial charge in [0.1, 0.15) is 33.3 Å². The van der Waals surface area contributed by atoms with Crippen molar-refractivity contribution in [2.45, 2.75) is 13.8 Å². The molecule has 0 saturated heterocycles. The van der Waals surface area contributed by atoms with Crippen molar-refractivity contribution in [3.8, 4) is 28.7 Å². The van der Waals surface area contributed by atoms with Crippen LogP contribution >= 0.6 is 22.7 Å². The van der Waals surface area contributed by atoms with Gasteiger partial charge in [-0.1, -0.05) is 59.4 Å². The maximum atomic E-state index is 12.8. The lowest BCUT2D eigenvalue weighted by molar-refractivity contribution is 0.0526. The SMILES string of the molecule is CCOC(=O)c1ccc(-c2ccc(/C=C(\C#N)c3nc(-c4ccc(C)cc4)c(NC(=O)c4cccs4)s3)o2)cc1. The number of thiophene rings is 1. The van der Waals surface area contributed by atoms with Crippen LogP contribution in [0.5, 0.6) is 0 Å². The number of anilines is 1. The smallest absolute Gasteiger partial charge is 0.338 e. The molecule has 0 fully saturated rings. The molecule has 5 rings (SSSR count). The van der Waals surface area contributed by atoms with Crippen LogP contribution < -0.4 is 5.32 Å². The van der Waals surface area contributed by atoms with Gasteiger partial charge in [0.25, 0.3) is 5.91 Å². The number of esters is 1. The first-order valence-corrected chi connectivity index (χ1v) is 14.1. The van der Waals surface area contributed by atoms with E-state index >= 15 is 0 Å². The molecule has 5 aromatic rings. The molecule has 1 N–H and O–H groups in total. The second-order valence-corrected chi connectivity index (χ2v) is 10.6. The monoisotopic (exact) mass is 565 g/mol. The molecule has 0 bridgehead atoms. The van der Waals surface area contributed by atoms with Crippen molar-refractivity contribution in [3.05, 3.63) is 105 Å². The third-order valence-electron chi connectivity index (χ3n) is 5.87. The lowest BCUT2D eigenvalue weighted by Crippen LogP contribution is -2.09. The largest absolute Gasteiger partial charge is 0.462 e. The van der Waals surface area contributed by atoms with E-state index < -0.39 is 0 Å². The fourth-order valence-corrected chi connectivity index (χ4v) is 5.42. The Balaban J connectivity index is 1.45. The zero-order valence-corrected chi connectivity index (χ0v) is 23.3. The first kappa shape index (κ1) is 26.8. The van der Waals surface area contributed by atoms with Gasteiger partial charge >= 0.3 is 5.97 Å². The highest BCUT2D eigenvalue weighted by molar-refractivity contribution is 7.18. The van der Waals surface area contributed by atoms with Gasteiger partial charge in [-0.05, 0) is 49.6 Å². The van der Waals surface area contributed by atoms with E-state index in [1.54, 1.807) is 55.5 Å². The van der Waals surface area contributed by atoms with Gasteiger partial charge < -0.3 is 14.5 Å². The maximum Gasteiger partial charge on any atom is 0.338 e. The van der Waals surface area contributed by atoms with Gasteiger partial charge in [-0.3, -0.25) is 4.79 Å². The predicted molar refractivity (Wildman–Crippen MR) is 158 cm³/mol. The fraction of sp³-hybridized carbons (Fsp3) is 0.0968. The molecule has 0 unspecified atom stereocenters. The summed E-state index contributed by atoms with van der Waals surface area (Å²) in [5, 5.41) is 15.8. The van der Waals surface area contributed by atoms with E-state index in [2.05, 4.69) is 11.4 Å². The molecule has 0 aliphatic heterocycles. The highest BCUT2D eigenvalue weighted by Gasteiger charge is 2.19. The van der Waals surface area contributed by atoms with Crippen molar-refractivity contribution in [3.63, 3.8) is 0 Å². The van der Waals surface area contributed by atoms with E-state index in [1.807, 2.05) is 42.6 Å². The topological polar surface area (TPSA) is 105 Å². The Morgan fingerprint density at radius 2 is 1.80 bits per heavy atom. The van der Waals surface area contributed by atoms with Crippen molar-refractivity contribution in [2.24, 2.45) is 0 Å². The quantitative estimate of drug-likeness (QED) is 0.151. The average molecular weight is 566 g/mol. The number of ether oxygens (including phenoxy) is 1. The van der Waals surface area contributed by atoms with E-state index in [4.69, 9.17) is 14.1 Å². The van der Waals surface area contributed by atoms with Gasteiger partial charge in [0.15, 0.2) is 0 Å². The van der Waals surface area contributed by atoms with Crippen LogP contribution in [0.2, 0.25) is 0 Å². The summed E-state index contributed by atoms with van der Waals surface area (Å²) in [5.41, 5.74) is 4.06. The predicted octanol–water partition coefficient (Wildman–Crippen LogP) is 7.93. The summed E-state index contributed by atoms with van der Waals surface area (Å²) in [7, 11) is 0. The summed E-state index contributed by atoms with van der Waals surface area (Å²) in [6.45, 7) is 4.07. The van der Waals surface area contributed by atoms with Crippen LogP contribution in [-0.4, -0.2) is 23.5 Å². The molecule has 9 heteroatoms. The van der Waals surface area contributed by atoms with Crippen molar-refractivity contribution in [1.82, 2.24) is 4.98 Å². The lowest BCUT2D eigenvalue weighted by Gasteiger charge is -2.04. The van der Waals surface area contributed by atoms with Crippen LogP contribution in [0.4, 0.5) is 5.00 Å². The number of aryl methyl sites for hydroxylation is 1. The number of hydrogen-bond donors (Lipinski definition) is 1. The molecule has 0 aliphatic carbocycles. The molecule has 0 saturated carbocycles. The second kappa shape index (κ2) is 11.9. The lowest BCUT2D eigenvalue weighted by atomic mass is 10.1. The molecule has 0 atom stereocenters. The Morgan fingerprint density at radius 3 is 2.48 bits per heavy atom. The van der Waals surface area contributed by atoms with Gasteiger partial charge in [-0.2, -0.15) is 5.26 Å². The molecule has 2 aromatic carbocycles. The van der Waals surface area contributed by atoms with Crippen LogP contribution in [0.1, 0.15) is 43.3 Å². The van der Waals surface area contributed by atoms with Crippen LogP contribution in [0.25, 0.3) is 34.2 Å². The van der Waals surface area contributed by atoms with E-state index in [1.165, 1.54) is 22.7 Å². The van der Waals surface area contributed by atoms with Gasteiger partial charge in [0.05, 0.1) is 22.6 Å². The molecule has 3 aromatic heterocycles. The van der Waals surface area contributed by atoms with E-state index in [9.17, 15) is 14.9 Å². The third-order valence-corrected chi connectivity index (χ3v) is 7.74. The molecule has 1 amide bonds. The van der Waals surface area contributed by atoms with E-state index in [0.717, 1.165) is 16.7 Å². The number of nitrogens with zero attached hydrogens (tertiary/aromatic N) is 2. The number of rotatable bonds is 8.